The third kappa shape index (κ3) is 4.05. The van der Waals surface area contributed by atoms with Crippen LogP contribution in [-0.2, 0) is 16.0 Å². The minimum atomic E-state index is -4.82. The number of para-hydroxylation sites is 1. The van der Waals surface area contributed by atoms with Gasteiger partial charge in [-0.3, -0.25) is 0 Å². The van der Waals surface area contributed by atoms with Crippen molar-refractivity contribution in [1.82, 2.24) is 24.7 Å². The molecule has 5 rings (SSSR count). The summed E-state index contributed by atoms with van der Waals surface area (Å²) in [7, 11) is -3.96. The van der Waals surface area contributed by atoms with Gasteiger partial charge in [0.15, 0.2) is 0 Å². The van der Waals surface area contributed by atoms with Crippen molar-refractivity contribution in [2.45, 2.75) is 18.3 Å². The first-order valence-electron chi connectivity index (χ1n) is 10.2. The largest absolute Gasteiger partial charge is 0.419 e. The van der Waals surface area contributed by atoms with Crippen LogP contribution in [0, 0.1) is 6.92 Å². The van der Waals surface area contributed by atoms with Crippen molar-refractivity contribution in [3.05, 3.63) is 72.4 Å². The molecule has 178 valence electrons. The molecule has 0 radical (unpaired) electrons. The molecule has 4 heterocycles. The van der Waals surface area contributed by atoms with Gasteiger partial charge in [0, 0.05) is 35.3 Å². The maximum absolute atomic E-state index is 13.9. The number of hydrogen-bond acceptors (Lipinski definition) is 7. The number of halogens is 3. The van der Waals surface area contributed by atoms with Gasteiger partial charge in [-0.25, -0.2) is 23.4 Å². The fourth-order valence-corrected chi connectivity index (χ4v) is 4.22. The Labute approximate surface area is 197 Å². The van der Waals surface area contributed by atoms with Gasteiger partial charge in [0.2, 0.25) is 15.0 Å². The summed E-state index contributed by atoms with van der Waals surface area (Å²) in [5.74, 6) is 0. The lowest BCUT2D eigenvalue weighted by molar-refractivity contribution is -0.137. The summed E-state index contributed by atoms with van der Waals surface area (Å²) in [6.45, 7) is 1.75. The fraction of sp³-hybridized carbons (Fsp3) is 0.130. The van der Waals surface area contributed by atoms with E-state index in [4.69, 9.17) is 4.52 Å². The van der Waals surface area contributed by atoms with Gasteiger partial charge in [-0.1, -0.05) is 23.4 Å². The van der Waals surface area contributed by atoms with Crippen molar-refractivity contribution >= 4 is 20.9 Å². The van der Waals surface area contributed by atoms with Gasteiger partial charge in [-0.2, -0.15) is 13.2 Å². The lowest BCUT2D eigenvalue weighted by Crippen LogP contribution is -2.13. The van der Waals surface area contributed by atoms with Gasteiger partial charge in [-0.05, 0) is 31.2 Å². The number of aromatic nitrogens is 5. The maximum Gasteiger partial charge on any atom is 0.419 e. The van der Waals surface area contributed by atoms with Crippen molar-refractivity contribution in [1.29, 1.82) is 0 Å². The third-order valence-corrected chi connectivity index (χ3v) is 6.23. The number of alkyl halides is 3. The minimum Gasteiger partial charge on any atom is -0.364 e. The van der Waals surface area contributed by atoms with Gasteiger partial charge in [-0.15, -0.1) is 0 Å². The van der Waals surface area contributed by atoms with Crippen LogP contribution >= 0.6 is 0 Å². The Bertz CT molecular complexity index is 1680. The van der Waals surface area contributed by atoms with E-state index in [1.54, 1.807) is 54.0 Å². The highest BCUT2D eigenvalue weighted by molar-refractivity contribution is 7.90. The van der Waals surface area contributed by atoms with Gasteiger partial charge in [0.05, 0.1) is 22.6 Å². The summed E-state index contributed by atoms with van der Waals surface area (Å²) in [6, 6.07) is 12.2. The van der Waals surface area contributed by atoms with Crippen molar-refractivity contribution < 1.29 is 26.1 Å². The van der Waals surface area contributed by atoms with Gasteiger partial charge in [0.1, 0.15) is 17.5 Å². The second-order valence-corrected chi connectivity index (χ2v) is 9.72. The molecule has 0 bridgehead atoms. The monoisotopic (exact) mass is 499 g/mol. The highest BCUT2D eigenvalue weighted by Gasteiger charge is 2.37. The number of pyridine rings is 1. The molecular formula is C23H16F3N5O3S. The number of benzene rings is 1. The van der Waals surface area contributed by atoms with Crippen LogP contribution in [0.2, 0.25) is 0 Å². The van der Waals surface area contributed by atoms with E-state index in [0.717, 1.165) is 6.26 Å². The Balaban J connectivity index is 1.85. The fourth-order valence-electron chi connectivity index (χ4n) is 3.72. The molecule has 0 amide bonds. The van der Waals surface area contributed by atoms with E-state index in [0.29, 0.717) is 39.9 Å². The summed E-state index contributed by atoms with van der Waals surface area (Å²) in [6.07, 6.45) is -0.598. The first-order chi connectivity index (χ1) is 16.5. The molecule has 0 aliphatic heterocycles. The molecule has 0 aliphatic rings. The van der Waals surface area contributed by atoms with Crippen molar-refractivity contribution in [3.63, 3.8) is 0 Å². The smallest absolute Gasteiger partial charge is 0.364 e. The first-order valence-corrected chi connectivity index (χ1v) is 12.1. The molecule has 4 aromatic heterocycles. The number of rotatable bonds is 4. The van der Waals surface area contributed by atoms with Crippen LogP contribution in [0.5, 0.6) is 0 Å². The second-order valence-electron chi connectivity index (χ2n) is 7.81. The van der Waals surface area contributed by atoms with Crippen LogP contribution in [-0.4, -0.2) is 39.3 Å². The van der Waals surface area contributed by atoms with Crippen LogP contribution in [0.25, 0.3) is 39.2 Å². The zero-order valence-corrected chi connectivity index (χ0v) is 19.1. The third-order valence-electron chi connectivity index (χ3n) is 5.37. The van der Waals surface area contributed by atoms with Crippen molar-refractivity contribution in [2.24, 2.45) is 0 Å². The zero-order valence-electron chi connectivity index (χ0n) is 18.3. The summed E-state index contributed by atoms with van der Waals surface area (Å²) in [5.41, 5.74) is 1.07. The highest BCUT2D eigenvalue weighted by atomic mass is 32.2. The quantitative estimate of drug-likeness (QED) is 0.325. The highest BCUT2D eigenvalue weighted by Crippen LogP contribution is 2.40. The summed E-state index contributed by atoms with van der Waals surface area (Å²) < 4.78 is 72.5. The predicted molar refractivity (Wildman–Crippen MR) is 120 cm³/mol. The second kappa shape index (κ2) is 8.01. The molecule has 8 nitrogen and oxygen atoms in total. The van der Waals surface area contributed by atoms with Gasteiger partial charge < -0.3 is 9.09 Å². The Morgan fingerprint density at radius 3 is 2.37 bits per heavy atom. The molecule has 35 heavy (non-hydrogen) atoms. The number of nitrogens with zero attached hydrogens (tertiary/aromatic N) is 5. The molecule has 0 saturated heterocycles. The average molecular weight is 499 g/mol. The topological polar surface area (TPSA) is 104 Å². The van der Waals surface area contributed by atoms with Gasteiger partial charge in [0.25, 0.3) is 0 Å². The van der Waals surface area contributed by atoms with E-state index in [1.165, 1.54) is 12.5 Å². The predicted octanol–water partition coefficient (Wildman–Crippen LogP) is 4.87. The van der Waals surface area contributed by atoms with E-state index in [1.807, 2.05) is 0 Å². The Morgan fingerprint density at radius 2 is 1.74 bits per heavy atom. The number of sulfone groups is 1. The Morgan fingerprint density at radius 1 is 1.00 bits per heavy atom. The van der Waals surface area contributed by atoms with Crippen LogP contribution in [0.3, 0.4) is 0 Å². The normalized spacial score (nSPS) is 12.4. The standard InChI is InChI=1S/C23H16F3N5O3S/c1-13-17(12-34-30-13)19-9-8-15-16(11-31(21(15)28-19)14-6-4-3-5-7-14)20-18(23(24,25)26)10-27-22(29-20)35(2,32)33/h3-12H,1-2H3. The molecular weight excluding hydrogens is 483 g/mol. The summed E-state index contributed by atoms with van der Waals surface area (Å²) >= 11 is 0. The van der Waals surface area contributed by atoms with E-state index in [2.05, 4.69) is 20.1 Å². The van der Waals surface area contributed by atoms with Crippen molar-refractivity contribution in [3.8, 4) is 28.2 Å². The van der Waals surface area contributed by atoms with Crippen LogP contribution in [0.4, 0.5) is 13.2 Å². The molecule has 5 aromatic rings. The number of fused-ring (bicyclic) bond motifs is 1. The molecule has 0 unspecified atom stereocenters. The molecule has 0 fully saturated rings. The number of hydrogen-bond donors (Lipinski definition) is 0. The zero-order chi connectivity index (χ0) is 25.0. The molecule has 1 aromatic carbocycles. The van der Waals surface area contributed by atoms with E-state index < -0.39 is 32.4 Å². The van der Waals surface area contributed by atoms with Crippen LogP contribution in [0.1, 0.15) is 11.3 Å². The lowest BCUT2D eigenvalue weighted by atomic mass is 10.1. The van der Waals surface area contributed by atoms with E-state index >= 15 is 0 Å². The molecule has 0 aliphatic carbocycles. The van der Waals surface area contributed by atoms with Crippen LogP contribution < -0.4 is 0 Å². The molecule has 0 N–H and O–H groups in total. The molecule has 12 heteroatoms. The van der Waals surface area contributed by atoms with Crippen molar-refractivity contribution in [2.75, 3.05) is 6.26 Å². The minimum absolute atomic E-state index is 0.0598. The van der Waals surface area contributed by atoms with E-state index in [-0.39, 0.29) is 5.56 Å². The SMILES string of the molecule is Cc1nocc1-c1ccc2c(-c3nc(S(C)(=O)=O)ncc3C(F)(F)F)cn(-c3ccccc3)c2n1. The maximum atomic E-state index is 13.9. The molecule has 0 saturated carbocycles. The first kappa shape index (κ1) is 22.7. The molecule has 0 spiro atoms. The average Bonchev–Trinajstić information content (AvgIpc) is 3.41. The Hall–Kier alpha value is -4.06. The van der Waals surface area contributed by atoms with Gasteiger partial charge >= 0.3 is 6.18 Å². The summed E-state index contributed by atoms with van der Waals surface area (Å²) in [4.78, 5) is 12.0. The number of aryl methyl sites for hydroxylation is 1. The lowest BCUT2D eigenvalue weighted by Gasteiger charge is -2.12. The Kier molecular flexibility index (Phi) is 5.20. The van der Waals surface area contributed by atoms with E-state index in [9.17, 15) is 21.6 Å². The summed E-state index contributed by atoms with van der Waals surface area (Å²) in [5, 5.41) is 3.50. The molecule has 0 atom stereocenters. The van der Waals surface area contributed by atoms with Crippen LogP contribution in [0.15, 0.2) is 70.8 Å².